The van der Waals surface area contributed by atoms with Crippen molar-refractivity contribution in [2.24, 2.45) is 0 Å². The Labute approximate surface area is 173 Å². The molecule has 0 aliphatic rings. The van der Waals surface area contributed by atoms with E-state index in [1.165, 1.54) is 0 Å². The lowest BCUT2D eigenvalue weighted by Gasteiger charge is -2.01. The number of hydrogen-bond donors (Lipinski definition) is 0. The highest BCUT2D eigenvalue weighted by Gasteiger charge is 2.05. The minimum Gasteiger partial charge on any atom is -0.192 e. The summed E-state index contributed by atoms with van der Waals surface area (Å²) in [6.07, 6.45) is 0. The number of benzene rings is 3. The first-order valence-corrected chi connectivity index (χ1v) is 8.98. The molecule has 3 aromatic carbocycles. The molecule has 0 heterocycles. The molecule has 27 heavy (non-hydrogen) atoms. The first kappa shape index (κ1) is 18.9. The average Bonchev–Trinajstić information content (AvgIpc) is 2.66. The van der Waals surface area contributed by atoms with Gasteiger partial charge in [0.1, 0.15) is 6.07 Å². The summed E-state index contributed by atoms with van der Waals surface area (Å²) in [5.74, 6) is 12.2. The van der Waals surface area contributed by atoms with E-state index < -0.39 is 0 Å². The van der Waals surface area contributed by atoms with Crippen LogP contribution in [0.4, 0.5) is 0 Å². The van der Waals surface area contributed by atoms with Crippen molar-refractivity contribution < 1.29 is 0 Å². The van der Waals surface area contributed by atoms with Gasteiger partial charge in [0.25, 0.3) is 0 Å². The quantitative estimate of drug-likeness (QED) is 0.401. The maximum Gasteiger partial charge on any atom is 0.100 e. The molecule has 0 unspecified atom stereocenters. The second-order valence-electron chi connectivity index (χ2n) is 5.45. The van der Waals surface area contributed by atoms with Crippen LogP contribution in [0.3, 0.4) is 0 Å². The van der Waals surface area contributed by atoms with E-state index in [1.54, 1.807) is 18.2 Å². The lowest BCUT2D eigenvalue weighted by atomic mass is 10.1. The Morgan fingerprint density at radius 2 is 1.00 bits per heavy atom. The Morgan fingerprint density at radius 1 is 0.593 bits per heavy atom. The van der Waals surface area contributed by atoms with Crippen molar-refractivity contribution in [3.63, 3.8) is 0 Å². The lowest BCUT2D eigenvalue weighted by molar-refractivity contribution is 1.47. The second kappa shape index (κ2) is 8.68. The van der Waals surface area contributed by atoms with Gasteiger partial charge in [-0.2, -0.15) is 5.26 Å². The van der Waals surface area contributed by atoms with Gasteiger partial charge >= 0.3 is 0 Å². The first-order chi connectivity index (χ1) is 13.1. The molecule has 0 saturated carbocycles. The van der Waals surface area contributed by atoms with Crippen molar-refractivity contribution >= 4 is 34.8 Å². The molecule has 0 N–H and O–H groups in total. The van der Waals surface area contributed by atoms with Crippen LogP contribution in [0.2, 0.25) is 15.1 Å². The van der Waals surface area contributed by atoms with Crippen LogP contribution in [0.5, 0.6) is 0 Å². The first-order valence-electron chi connectivity index (χ1n) is 7.85. The van der Waals surface area contributed by atoms with Crippen LogP contribution in [-0.2, 0) is 0 Å². The van der Waals surface area contributed by atoms with E-state index in [2.05, 4.69) is 29.8 Å². The number of hydrogen-bond acceptors (Lipinski definition) is 1. The van der Waals surface area contributed by atoms with Crippen molar-refractivity contribution in [1.29, 1.82) is 5.26 Å². The summed E-state index contributed by atoms with van der Waals surface area (Å²) in [5, 5.41) is 10.4. The standard InChI is InChI=1S/C23H10Cl3N/c24-20-13-22(25)21(23(26)14-20)12-11-17-6-2-1-5-16(17)9-10-18-7-3-4-8-19(18)15-27/h1-8,13-14H. The zero-order chi connectivity index (χ0) is 19.2. The SMILES string of the molecule is N#Cc1ccccc1C#Cc1ccccc1C#Cc1c(Cl)cc(Cl)cc1Cl. The topological polar surface area (TPSA) is 23.8 Å². The zero-order valence-corrected chi connectivity index (χ0v) is 16.1. The van der Waals surface area contributed by atoms with Crippen LogP contribution in [-0.4, -0.2) is 0 Å². The van der Waals surface area contributed by atoms with Gasteiger partial charge in [-0.05, 0) is 36.4 Å². The molecule has 0 radical (unpaired) electrons. The van der Waals surface area contributed by atoms with E-state index in [0.717, 1.165) is 11.1 Å². The molecule has 0 aliphatic carbocycles. The third kappa shape index (κ3) is 4.65. The largest absolute Gasteiger partial charge is 0.192 e. The molecule has 0 bridgehead atoms. The summed E-state index contributed by atoms with van der Waals surface area (Å²) in [6, 6.07) is 20.0. The van der Waals surface area contributed by atoms with Gasteiger partial charge in [-0.15, -0.1) is 0 Å². The van der Waals surface area contributed by atoms with Crippen molar-refractivity contribution in [2.75, 3.05) is 0 Å². The van der Waals surface area contributed by atoms with E-state index >= 15 is 0 Å². The molecule has 3 rings (SSSR count). The molecule has 1 nitrogen and oxygen atoms in total. The Hall–Kier alpha value is -2.86. The summed E-state index contributed by atoms with van der Waals surface area (Å²) in [4.78, 5) is 0. The predicted octanol–water partition coefficient (Wildman–Crippen LogP) is 6.32. The maximum absolute atomic E-state index is 9.18. The fraction of sp³-hybridized carbons (Fsp3) is 0. The van der Waals surface area contributed by atoms with Crippen molar-refractivity contribution in [1.82, 2.24) is 0 Å². The van der Waals surface area contributed by atoms with E-state index in [-0.39, 0.29) is 0 Å². The fourth-order valence-electron chi connectivity index (χ4n) is 2.32. The summed E-state index contributed by atoms with van der Waals surface area (Å²) in [6.45, 7) is 0. The van der Waals surface area contributed by atoms with Gasteiger partial charge in [-0.25, -0.2) is 0 Å². The molecular weight excluding hydrogens is 397 g/mol. The molecule has 0 fully saturated rings. The molecular formula is C23H10Cl3N. The van der Waals surface area contributed by atoms with Gasteiger partial charge in [0.05, 0.1) is 21.2 Å². The van der Waals surface area contributed by atoms with Crippen molar-refractivity contribution in [3.8, 4) is 29.8 Å². The highest BCUT2D eigenvalue weighted by molar-refractivity contribution is 6.39. The number of nitriles is 1. The number of rotatable bonds is 0. The fourth-order valence-corrected chi connectivity index (χ4v) is 3.23. The Morgan fingerprint density at radius 3 is 1.48 bits per heavy atom. The van der Waals surface area contributed by atoms with Gasteiger partial charge in [0.15, 0.2) is 0 Å². The molecule has 0 saturated heterocycles. The summed E-state index contributed by atoms with van der Waals surface area (Å²) >= 11 is 18.3. The molecule has 3 aromatic rings. The average molecular weight is 407 g/mol. The Kier molecular flexibility index (Phi) is 6.08. The van der Waals surface area contributed by atoms with Crippen LogP contribution >= 0.6 is 34.8 Å². The smallest absolute Gasteiger partial charge is 0.100 e. The van der Waals surface area contributed by atoms with Crippen LogP contribution < -0.4 is 0 Å². The van der Waals surface area contributed by atoms with Gasteiger partial charge < -0.3 is 0 Å². The number of nitrogens with zero attached hydrogens (tertiary/aromatic N) is 1. The lowest BCUT2D eigenvalue weighted by Crippen LogP contribution is -1.86. The van der Waals surface area contributed by atoms with E-state index in [9.17, 15) is 5.26 Å². The molecule has 0 spiro atoms. The van der Waals surface area contributed by atoms with Crippen LogP contribution in [0, 0.1) is 35.0 Å². The van der Waals surface area contributed by atoms with E-state index in [0.29, 0.717) is 31.8 Å². The van der Waals surface area contributed by atoms with Crippen LogP contribution in [0.15, 0.2) is 60.7 Å². The minimum absolute atomic E-state index is 0.395. The zero-order valence-electron chi connectivity index (χ0n) is 13.9. The molecule has 128 valence electrons. The van der Waals surface area contributed by atoms with Crippen molar-refractivity contribution in [2.45, 2.75) is 0 Å². The third-order valence-corrected chi connectivity index (χ3v) is 4.45. The summed E-state index contributed by atoms with van der Waals surface area (Å²) < 4.78 is 0. The Bertz CT molecular complexity index is 1160. The minimum atomic E-state index is 0.395. The molecule has 0 atom stereocenters. The maximum atomic E-state index is 9.18. The van der Waals surface area contributed by atoms with Crippen molar-refractivity contribution in [3.05, 3.63) is 104 Å². The monoisotopic (exact) mass is 405 g/mol. The normalized spacial score (nSPS) is 9.41. The van der Waals surface area contributed by atoms with Gasteiger partial charge in [0, 0.05) is 21.7 Å². The van der Waals surface area contributed by atoms with Gasteiger partial charge in [-0.1, -0.05) is 82.8 Å². The van der Waals surface area contributed by atoms with E-state index in [4.69, 9.17) is 34.8 Å². The van der Waals surface area contributed by atoms with Gasteiger partial charge in [0.2, 0.25) is 0 Å². The molecule has 4 heteroatoms. The predicted molar refractivity (Wildman–Crippen MR) is 111 cm³/mol. The highest BCUT2D eigenvalue weighted by atomic mass is 35.5. The van der Waals surface area contributed by atoms with Crippen LogP contribution in [0.1, 0.15) is 27.8 Å². The molecule has 0 amide bonds. The second-order valence-corrected chi connectivity index (χ2v) is 6.70. The van der Waals surface area contributed by atoms with E-state index in [1.807, 2.05) is 42.5 Å². The highest BCUT2D eigenvalue weighted by Crippen LogP contribution is 2.28. The third-order valence-electron chi connectivity index (χ3n) is 3.64. The molecule has 0 aliphatic heterocycles. The summed E-state index contributed by atoms with van der Waals surface area (Å²) in [5.41, 5.74) is 3.21. The summed E-state index contributed by atoms with van der Waals surface area (Å²) in [7, 11) is 0. The Balaban J connectivity index is 2.01. The number of halogens is 3. The van der Waals surface area contributed by atoms with Crippen LogP contribution in [0.25, 0.3) is 0 Å². The van der Waals surface area contributed by atoms with Gasteiger partial charge in [-0.3, -0.25) is 0 Å². The molecule has 0 aromatic heterocycles.